The van der Waals surface area contributed by atoms with Crippen molar-refractivity contribution < 1.29 is 14.7 Å². The fourth-order valence-electron chi connectivity index (χ4n) is 2.73. The number of carboxylic acids is 1. The van der Waals surface area contributed by atoms with E-state index in [4.69, 9.17) is 0 Å². The summed E-state index contributed by atoms with van der Waals surface area (Å²) in [5.74, 6) is -0.808. The van der Waals surface area contributed by atoms with Gasteiger partial charge in [-0.3, -0.25) is 9.78 Å². The molecule has 1 aromatic rings. The molecule has 0 spiro atoms. The van der Waals surface area contributed by atoms with Gasteiger partial charge in [-0.2, -0.15) is 0 Å². The molecular weight excluding hydrogens is 270 g/mol. The number of carboxylic acid groups (broad SMARTS) is 1. The highest BCUT2D eigenvalue weighted by Gasteiger charge is 2.41. The van der Waals surface area contributed by atoms with E-state index < -0.39 is 11.4 Å². The number of amides is 2. The van der Waals surface area contributed by atoms with E-state index in [1.807, 2.05) is 12.1 Å². The Bertz CT molecular complexity index is 498. The molecule has 2 amide bonds. The molecule has 2 N–H and O–H groups in total. The zero-order chi connectivity index (χ0) is 15.3. The molecule has 1 aromatic heterocycles. The van der Waals surface area contributed by atoms with Crippen molar-refractivity contribution in [2.24, 2.45) is 5.41 Å². The van der Waals surface area contributed by atoms with Gasteiger partial charge in [0.25, 0.3) is 0 Å². The number of urea groups is 1. The number of nitrogens with one attached hydrogen (secondary N) is 1. The van der Waals surface area contributed by atoms with Crippen molar-refractivity contribution in [2.75, 3.05) is 13.6 Å². The molecule has 0 bridgehead atoms. The van der Waals surface area contributed by atoms with Crippen LogP contribution in [-0.2, 0) is 11.3 Å². The topological polar surface area (TPSA) is 82.5 Å². The first-order chi connectivity index (χ1) is 10.0. The first-order valence-electron chi connectivity index (χ1n) is 7.15. The summed E-state index contributed by atoms with van der Waals surface area (Å²) in [6.45, 7) is 0.663. The molecule has 114 valence electrons. The Morgan fingerprint density at radius 1 is 1.33 bits per heavy atom. The van der Waals surface area contributed by atoms with Crippen molar-refractivity contribution in [2.45, 2.75) is 32.2 Å². The first-order valence-corrected chi connectivity index (χ1v) is 7.15. The molecule has 21 heavy (non-hydrogen) atoms. The molecule has 0 unspecified atom stereocenters. The average molecular weight is 291 g/mol. The molecule has 1 aliphatic carbocycles. The number of hydrogen-bond acceptors (Lipinski definition) is 3. The van der Waals surface area contributed by atoms with Crippen molar-refractivity contribution in [1.29, 1.82) is 0 Å². The third-order valence-corrected chi connectivity index (χ3v) is 4.11. The predicted octanol–water partition coefficient (Wildman–Crippen LogP) is 1.87. The lowest BCUT2D eigenvalue weighted by Gasteiger charge is -2.26. The van der Waals surface area contributed by atoms with Crippen molar-refractivity contribution in [1.82, 2.24) is 15.2 Å². The Balaban J connectivity index is 1.87. The van der Waals surface area contributed by atoms with E-state index in [0.29, 0.717) is 19.4 Å². The number of carbonyl (C=O) groups excluding carboxylic acids is 1. The Morgan fingerprint density at radius 2 is 1.95 bits per heavy atom. The minimum Gasteiger partial charge on any atom is -0.481 e. The van der Waals surface area contributed by atoms with Gasteiger partial charge in [-0.1, -0.05) is 12.8 Å². The zero-order valence-corrected chi connectivity index (χ0v) is 12.2. The van der Waals surface area contributed by atoms with Gasteiger partial charge >= 0.3 is 12.0 Å². The van der Waals surface area contributed by atoms with E-state index in [9.17, 15) is 14.7 Å². The normalized spacial score (nSPS) is 16.4. The molecule has 0 aromatic carbocycles. The van der Waals surface area contributed by atoms with E-state index in [-0.39, 0.29) is 12.6 Å². The second-order valence-electron chi connectivity index (χ2n) is 5.66. The van der Waals surface area contributed by atoms with E-state index in [2.05, 4.69) is 10.3 Å². The molecule has 6 heteroatoms. The lowest BCUT2D eigenvalue weighted by molar-refractivity contribution is -0.148. The third kappa shape index (κ3) is 3.71. The van der Waals surface area contributed by atoms with Crippen molar-refractivity contribution in [3.63, 3.8) is 0 Å². The van der Waals surface area contributed by atoms with Crippen LogP contribution in [0.25, 0.3) is 0 Å². The van der Waals surface area contributed by atoms with Crippen molar-refractivity contribution in [3.8, 4) is 0 Å². The number of pyridine rings is 1. The first kappa shape index (κ1) is 15.3. The number of carbonyl (C=O) groups is 2. The molecule has 6 nitrogen and oxygen atoms in total. The predicted molar refractivity (Wildman–Crippen MR) is 77.6 cm³/mol. The third-order valence-electron chi connectivity index (χ3n) is 4.11. The quantitative estimate of drug-likeness (QED) is 0.867. The van der Waals surface area contributed by atoms with E-state index in [0.717, 1.165) is 18.4 Å². The van der Waals surface area contributed by atoms with Gasteiger partial charge in [0.15, 0.2) is 0 Å². The second kappa shape index (κ2) is 6.56. The molecular formula is C15H21N3O3. The van der Waals surface area contributed by atoms with Crippen LogP contribution in [-0.4, -0.2) is 40.6 Å². The summed E-state index contributed by atoms with van der Waals surface area (Å²) in [6, 6.07) is 3.44. The molecule has 1 fully saturated rings. The number of aromatic nitrogens is 1. The number of rotatable bonds is 5. The van der Waals surface area contributed by atoms with E-state index >= 15 is 0 Å². The summed E-state index contributed by atoms with van der Waals surface area (Å²) in [4.78, 5) is 29.0. The van der Waals surface area contributed by atoms with Crippen LogP contribution in [0, 0.1) is 5.41 Å². The van der Waals surface area contributed by atoms with Crippen LogP contribution in [0.5, 0.6) is 0 Å². The Hall–Kier alpha value is -2.11. The summed E-state index contributed by atoms with van der Waals surface area (Å²) in [5, 5.41) is 12.1. The van der Waals surface area contributed by atoms with Gasteiger partial charge in [-0.15, -0.1) is 0 Å². The summed E-state index contributed by atoms with van der Waals surface area (Å²) in [6.07, 6.45) is 6.45. The number of hydrogen-bond donors (Lipinski definition) is 2. The molecule has 2 rings (SSSR count). The Kier molecular flexibility index (Phi) is 4.77. The molecule has 1 aliphatic rings. The summed E-state index contributed by atoms with van der Waals surface area (Å²) >= 11 is 0. The molecule has 1 heterocycles. The zero-order valence-electron chi connectivity index (χ0n) is 12.2. The lowest BCUT2D eigenvalue weighted by atomic mass is 9.86. The molecule has 0 aliphatic heterocycles. The van der Waals surface area contributed by atoms with Crippen LogP contribution < -0.4 is 5.32 Å². The number of aliphatic carboxylic acids is 1. The van der Waals surface area contributed by atoms with Gasteiger partial charge < -0.3 is 15.3 Å². The van der Waals surface area contributed by atoms with Gasteiger partial charge in [0.2, 0.25) is 0 Å². The monoisotopic (exact) mass is 291 g/mol. The fraction of sp³-hybridized carbons (Fsp3) is 0.533. The van der Waals surface area contributed by atoms with Crippen molar-refractivity contribution in [3.05, 3.63) is 30.1 Å². The summed E-state index contributed by atoms with van der Waals surface area (Å²) in [7, 11) is 1.69. The summed E-state index contributed by atoms with van der Waals surface area (Å²) in [5.41, 5.74) is 0.198. The maximum atomic E-state index is 12.1. The molecule has 1 saturated carbocycles. The van der Waals surface area contributed by atoms with Crippen LogP contribution in [0.4, 0.5) is 4.79 Å². The van der Waals surface area contributed by atoms with E-state index in [1.54, 1.807) is 24.3 Å². The Labute approximate surface area is 124 Å². The maximum absolute atomic E-state index is 12.1. The second-order valence-corrected chi connectivity index (χ2v) is 5.66. The fourth-order valence-corrected chi connectivity index (χ4v) is 2.73. The maximum Gasteiger partial charge on any atom is 0.317 e. The van der Waals surface area contributed by atoms with Crippen LogP contribution in [0.15, 0.2) is 24.5 Å². The van der Waals surface area contributed by atoms with Gasteiger partial charge in [0.05, 0.1) is 5.41 Å². The average Bonchev–Trinajstić information content (AvgIpc) is 2.96. The highest BCUT2D eigenvalue weighted by Crippen LogP contribution is 2.37. The van der Waals surface area contributed by atoms with Gasteiger partial charge in [0, 0.05) is 32.5 Å². The van der Waals surface area contributed by atoms with Crippen LogP contribution >= 0.6 is 0 Å². The molecule has 0 radical (unpaired) electrons. The SMILES string of the molecule is CN(Cc1ccncc1)C(=O)NCC1(C(=O)O)CCCC1. The van der Waals surface area contributed by atoms with Crippen LogP contribution in [0.3, 0.4) is 0 Å². The minimum absolute atomic E-state index is 0.196. The molecule has 0 atom stereocenters. The van der Waals surface area contributed by atoms with E-state index in [1.165, 1.54) is 0 Å². The highest BCUT2D eigenvalue weighted by atomic mass is 16.4. The smallest absolute Gasteiger partial charge is 0.317 e. The Morgan fingerprint density at radius 3 is 2.52 bits per heavy atom. The van der Waals surface area contributed by atoms with Crippen LogP contribution in [0.2, 0.25) is 0 Å². The number of nitrogens with zero attached hydrogens (tertiary/aromatic N) is 2. The molecule has 0 saturated heterocycles. The lowest BCUT2D eigenvalue weighted by Crippen LogP contribution is -2.45. The largest absolute Gasteiger partial charge is 0.481 e. The van der Waals surface area contributed by atoms with Gasteiger partial charge in [-0.25, -0.2) is 4.79 Å². The van der Waals surface area contributed by atoms with Crippen LogP contribution in [0.1, 0.15) is 31.2 Å². The standard InChI is InChI=1S/C15H21N3O3/c1-18(10-12-4-8-16-9-5-12)14(21)17-11-15(13(19)20)6-2-3-7-15/h4-5,8-9H,2-3,6-7,10-11H2,1H3,(H,17,21)(H,19,20). The van der Waals surface area contributed by atoms with Crippen molar-refractivity contribution >= 4 is 12.0 Å². The highest BCUT2D eigenvalue weighted by molar-refractivity contribution is 5.78. The summed E-state index contributed by atoms with van der Waals surface area (Å²) < 4.78 is 0. The van der Waals surface area contributed by atoms with Gasteiger partial charge in [-0.05, 0) is 30.5 Å². The van der Waals surface area contributed by atoms with Gasteiger partial charge in [0.1, 0.15) is 0 Å². The minimum atomic E-state index is -0.808.